The lowest BCUT2D eigenvalue weighted by atomic mass is 10.2. The molecule has 0 saturated heterocycles. The topological polar surface area (TPSA) is 25.2 Å². The maximum absolute atomic E-state index is 9.19. The standard InChI is InChI=1S/C10H9BrClNO/c1-13-8-4-6(12)2-3-7(8)10(11)9(13)5-14/h2-4,14H,5H2,1H3. The highest BCUT2D eigenvalue weighted by atomic mass is 79.9. The predicted molar refractivity (Wildman–Crippen MR) is 61.6 cm³/mol. The van der Waals surface area contributed by atoms with Gasteiger partial charge in [-0.3, -0.25) is 0 Å². The number of fused-ring (bicyclic) bond motifs is 1. The molecule has 0 saturated carbocycles. The van der Waals surface area contributed by atoms with E-state index < -0.39 is 0 Å². The zero-order valence-corrected chi connectivity index (χ0v) is 9.93. The van der Waals surface area contributed by atoms with E-state index >= 15 is 0 Å². The van der Waals surface area contributed by atoms with Crippen molar-refractivity contribution in [2.24, 2.45) is 7.05 Å². The van der Waals surface area contributed by atoms with Gasteiger partial charge in [-0.25, -0.2) is 0 Å². The van der Waals surface area contributed by atoms with Gasteiger partial charge in [0, 0.05) is 21.9 Å². The second-order valence-corrected chi connectivity index (χ2v) is 4.37. The SMILES string of the molecule is Cn1c(CO)c(Br)c2ccc(Cl)cc21. The highest BCUT2D eigenvalue weighted by molar-refractivity contribution is 9.10. The van der Waals surface area contributed by atoms with E-state index in [0.717, 1.165) is 21.1 Å². The Morgan fingerprint density at radius 1 is 1.50 bits per heavy atom. The number of halogens is 2. The van der Waals surface area contributed by atoms with Crippen LogP contribution in [0.5, 0.6) is 0 Å². The van der Waals surface area contributed by atoms with Gasteiger partial charge >= 0.3 is 0 Å². The van der Waals surface area contributed by atoms with Crippen LogP contribution in [-0.4, -0.2) is 9.67 Å². The molecule has 0 aliphatic rings. The Bertz CT molecular complexity index is 492. The lowest BCUT2D eigenvalue weighted by molar-refractivity contribution is 0.272. The number of hydrogen-bond donors (Lipinski definition) is 1. The molecule has 0 fully saturated rings. The highest BCUT2D eigenvalue weighted by Gasteiger charge is 2.11. The van der Waals surface area contributed by atoms with Crippen LogP contribution in [0.3, 0.4) is 0 Å². The molecule has 2 rings (SSSR count). The van der Waals surface area contributed by atoms with E-state index in [1.54, 1.807) is 0 Å². The zero-order chi connectivity index (χ0) is 10.3. The summed E-state index contributed by atoms with van der Waals surface area (Å²) in [6.07, 6.45) is 0. The summed E-state index contributed by atoms with van der Waals surface area (Å²) in [4.78, 5) is 0. The Morgan fingerprint density at radius 2 is 2.21 bits per heavy atom. The van der Waals surface area contributed by atoms with Crippen LogP contribution in [0.25, 0.3) is 10.9 Å². The second kappa shape index (κ2) is 3.57. The first-order valence-electron chi connectivity index (χ1n) is 4.18. The number of aromatic nitrogens is 1. The normalized spacial score (nSPS) is 11.1. The predicted octanol–water partition coefficient (Wildman–Crippen LogP) is 3.09. The maximum Gasteiger partial charge on any atom is 0.0844 e. The van der Waals surface area contributed by atoms with Gasteiger partial charge in [0.15, 0.2) is 0 Å². The molecule has 1 aromatic heterocycles. The molecule has 0 atom stereocenters. The van der Waals surface area contributed by atoms with Crippen molar-refractivity contribution in [2.75, 3.05) is 0 Å². The van der Waals surface area contributed by atoms with Crippen molar-refractivity contribution in [1.82, 2.24) is 4.57 Å². The molecule has 1 heterocycles. The monoisotopic (exact) mass is 273 g/mol. The van der Waals surface area contributed by atoms with Crippen LogP contribution >= 0.6 is 27.5 Å². The number of hydrogen-bond acceptors (Lipinski definition) is 1. The number of aliphatic hydroxyl groups excluding tert-OH is 1. The number of benzene rings is 1. The Hall–Kier alpha value is -0.510. The van der Waals surface area contributed by atoms with Crippen molar-refractivity contribution in [3.63, 3.8) is 0 Å². The minimum Gasteiger partial charge on any atom is -0.390 e. The fourth-order valence-electron chi connectivity index (χ4n) is 1.59. The summed E-state index contributed by atoms with van der Waals surface area (Å²) < 4.78 is 2.87. The fourth-order valence-corrected chi connectivity index (χ4v) is 2.48. The molecule has 2 nitrogen and oxygen atoms in total. The van der Waals surface area contributed by atoms with Gasteiger partial charge in [0.25, 0.3) is 0 Å². The van der Waals surface area contributed by atoms with Gasteiger partial charge in [-0.05, 0) is 28.1 Å². The van der Waals surface area contributed by atoms with Gasteiger partial charge in [-0.2, -0.15) is 0 Å². The van der Waals surface area contributed by atoms with E-state index in [0.29, 0.717) is 5.02 Å². The van der Waals surface area contributed by atoms with Crippen LogP contribution in [0.2, 0.25) is 5.02 Å². The highest BCUT2D eigenvalue weighted by Crippen LogP contribution is 2.31. The van der Waals surface area contributed by atoms with Crippen molar-refractivity contribution in [3.05, 3.63) is 33.4 Å². The Balaban J connectivity index is 2.87. The summed E-state index contributed by atoms with van der Waals surface area (Å²) in [7, 11) is 1.91. The average Bonchev–Trinajstić information content (AvgIpc) is 2.39. The number of rotatable bonds is 1. The zero-order valence-electron chi connectivity index (χ0n) is 7.59. The van der Waals surface area contributed by atoms with Gasteiger partial charge in [0.1, 0.15) is 0 Å². The number of aryl methyl sites for hydroxylation is 1. The van der Waals surface area contributed by atoms with Crippen molar-refractivity contribution in [1.29, 1.82) is 0 Å². The molecule has 0 aliphatic heterocycles. The summed E-state index contributed by atoms with van der Waals surface area (Å²) in [5.41, 5.74) is 1.88. The van der Waals surface area contributed by atoms with E-state index in [1.807, 2.05) is 29.8 Å². The number of aliphatic hydroxyl groups is 1. The van der Waals surface area contributed by atoms with E-state index in [-0.39, 0.29) is 6.61 Å². The number of nitrogens with zero attached hydrogens (tertiary/aromatic N) is 1. The van der Waals surface area contributed by atoms with Crippen LogP contribution in [-0.2, 0) is 13.7 Å². The summed E-state index contributed by atoms with van der Waals surface area (Å²) in [6.45, 7) is 0.0172. The minimum absolute atomic E-state index is 0.0172. The van der Waals surface area contributed by atoms with Crippen LogP contribution < -0.4 is 0 Å². The molecule has 1 N–H and O–H groups in total. The molecule has 14 heavy (non-hydrogen) atoms. The summed E-state index contributed by atoms with van der Waals surface area (Å²) in [6, 6.07) is 5.68. The first kappa shape index (κ1) is 10.0. The molecular formula is C10H9BrClNO. The Labute approximate surface area is 95.2 Å². The van der Waals surface area contributed by atoms with E-state index in [4.69, 9.17) is 11.6 Å². The third kappa shape index (κ3) is 1.36. The van der Waals surface area contributed by atoms with Crippen molar-refractivity contribution in [2.45, 2.75) is 6.61 Å². The van der Waals surface area contributed by atoms with Crippen LogP contribution in [0.1, 0.15) is 5.69 Å². The van der Waals surface area contributed by atoms with Gasteiger partial charge in [0.2, 0.25) is 0 Å². The van der Waals surface area contributed by atoms with Crippen LogP contribution in [0, 0.1) is 0 Å². The second-order valence-electron chi connectivity index (χ2n) is 3.14. The summed E-state index contributed by atoms with van der Waals surface area (Å²) in [5, 5.41) is 11.0. The van der Waals surface area contributed by atoms with Gasteiger partial charge in [0.05, 0.1) is 17.8 Å². The first-order chi connectivity index (χ1) is 6.65. The van der Waals surface area contributed by atoms with Gasteiger partial charge in [-0.15, -0.1) is 0 Å². The van der Waals surface area contributed by atoms with Crippen LogP contribution in [0.4, 0.5) is 0 Å². The van der Waals surface area contributed by atoms with Crippen LogP contribution in [0.15, 0.2) is 22.7 Å². The van der Waals surface area contributed by atoms with E-state index in [1.165, 1.54) is 0 Å². The lowest BCUT2D eigenvalue weighted by Crippen LogP contribution is -1.95. The third-order valence-electron chi connectivity index (χ3n) is 2.37. The van der Waals surface area contributed by atoms with Gasteiger partial charge in [-0.1, -0.05) is 17.7 Å². The third-order valence-corrected chi connectivity index (χ3v) is 3.49. The molecule has 0 aliphatic carbocycles. The van der Waals surface area contributed by atoms with Crippen molar-refractivity contribution >= 4 is 38.4 Å². The molecule has 1 aromatic carbocycles. The molecule has 0 unspecified atom stereocenters. The fraction of sp³-hybridized carbons (Fsp3) is 0.200. The molecule has 74 valence electrons. The average molecular weight is 275 g/mol. The molecule has 4 heteroatoms. The molecule has 0 spiro atoms. The summed E-state index contributed by atoms with van der Waals surface area (Å²) in [5.74, 6) is 0. The van der Waals surface area contributed by atoms with E-state index in [9.17, 15) is 5.11 Å². The molecule has 2 aromatic rings. The summed E-state index contributed by atoms with van der Waals surface area (Å²) >= 11 is 9.37. The quantitative estimate of drug-likeness (QED) is 0.849. The Kier molecular flexibility index (Phi) is 2.56. The smallest absolute Gasteiger partial charge is 0.0844 e. The largest absolute Gasteiger partial charge is 0.390 e. The minimum atomic E-state index is 0.0172. The van der Waals surface area contributed by atoms with Gasteiger partial charge < -0.3 is 9.67 Å². The Morgan fingerprint density at radius 3 is 2.86 bits per heavy atom. The molecule has 0 radical (unpaired) electrons. The molecule has 0 amide bonds. The van der Waals surface area contributed by atoms with E-state index in [2.05, 4.69) is 15.9 Å². The maximum atomic E-state index is 9.19. The molecule has 0 bridgehead atoms. The van der Waals surface area contributed by atoms with Crippen molar-refractivity contribution in [3.8, 4) is 0 Å². The lowest BCUT2D eigenvalue weighted by Gasteiger charge is -2.00. The van der Waals surface area contributed by atoms with Crippen molar-refractivity contribution < 1.29 is 5.11 Å². The first-order valence-corrected chi connectivity index (χ1v) is 5.35. The molecular weight excluding hydrogens is 265 g/mol.